The van der Waals surface area contributed by atoms with Gasteiger partial charge in [-0.2, -0.15) is 0 Å². The van der Waals surface area contributed by atoms with Crippen LogP contribution in [0.2, 0.25) is 0 Å². The predicted octanol–water partition coefficient (Wildman–Crippen LogP) is 3.23. The monoisotopic (exact) mass is 263 g/mol. The summed E-state index contributed by atoms with van der Waals surface area (Å²) in [4.78, 5) is 12.0. The van der Waals surface area contributed by atoms with E-state index in [2.05, 4.69) is 29.9 Å². The molecule has 1 heterocycles. The molecule has 0 atom stereocenters. The molecule has 1 aromatic carbocycles. The summed E-state index contributed by atoms with van der Waals surface area (Å²) in [6.07, 6.45) is 2.84. The van der Waals surface area contributed by atoms with E-state index in [0.29, 0.717) is 6.42 Å². The number of aryl methyl sites for hydroxylation is 2. The van der Waals surface area contributed by atoms with Gasteiger partial charge in [0.05, 0.1) is 5.52 Å². The van der Waals surface area contributed by atoms with Gasteiger partial charge < -0.3 is 9.67 Å². The van der Waals surface area contributed by atoms with E-state index in [1.807, 2.05) is 13.1 Å². The molecule has 0 amide bonds. The molecule has 0 saturated heterocycles. The minimum atomic E-state index is -0.743. The maximum absolute atomic E-state index is 10.7. The molecule has 0 saturated carbocycles. The zero-order valence-electron chi connectivity index (χ0n) is 10.9. The van der Waals surface area contributed by atoms with Crippen molar-refractivity contribution in [2.75, 3.05) is 6.26 Å². The van der Waals surface area contributed by atoms with Gasteiger partial charge in [0.15, 0.2) is 0 Å². The van der Waals surface area contributed by atoms with Crippen LogP contribution < -0.4 is 0 Å². The minimum absolute atomic E-state index is 0.184. The Bertz CT molecular complexity index is 601. The van der Waals surface area contributed by atoms with E-state index in [1.54, 1.807) is 11.8 Å². The van der Waals surface area contributed by atoms with Crippen LogP contribution in [0.1, 0.15) is 17.7 Å². The van der Waals surface area contributed by atoms with Gasteiger partial charge in [-0.25, -0.2) is 0 Å². The molecule has 1 aromatic heterocycles. The average molecular weight is 263 g/mol. The Hall–Kier alpha value is -1.42. The first kappa shape index (κ1) is 13.0. The highest BCUT2D eigenvalue weighted by Crippen LogP contribution is 2.32. The molecule has 0 radical (unpaired) electrons. The topological polar surface area (TPSA) is 42.2 Å². The zero-order valence-corrected chi connectivity index (χ0v) is 11.7. The van der Waals surface area contributed by atoms with Gasteiger partial charge in [-0.1, -0.05) is 12.1 Å². The third-order valence-electron chi connectivity index (χ3n) is 3.41. The molecule has 0 aliphatic heterocycles. The van der Waals surface area contributed by atoms with Crippen molar-refractivity contribution >= 4 is 28.6 Å². The fourth-order valence-corrected chi connectivity index (χ4v) is 3.04. The van der Waals surface area contributed by atoms with Crippen LogP contribution in [0.15, 0.2) is 23.1 Å². The summed E-state index contributed by atoms with van der Waals surface area (Å²) in [5, 5.41) is 10.0. The molecule has 18 heavy (non-hydrogen) atoms. The van der Waals surface area contributed by atoms with Crippen LogP contribution in [-0.2, 0) is 18.3 Å². The molecule has 1 N–H and O–H groups in total. The van der Waals surface area contributed by atoms with Gasteiger partial charge in [-0.15, -0.1) is 11.8 Å². The third-order valence-corrected chi connectivity index (χ3v) is 4.18. The van der Waals surface area contributed by atoms with Crippen molar-refractivity contribution in [2.24, 2.45) is 7.05 Å². The number of para-hydroxylation sites is 1. The molecule has 0 aliphatic rings. The second kappa shape index (κ2) is 5.06. The van der Waals surface area contributed by atoms with E-state index in [4.69, 9.17) is 5.11 Å². The van der Waals surface area contributed by atoms with Crippen LogP contribution in [0.25, 0.3) is 10.9 Å². The second-order valence-electron chi connectivity index (χ2n) is 4.37. The minimum Gasteiger partial charge on any atom is -0.481 e. The fourth-order valence-electron chi connectivity index (χ4n) is 2.39. The number of aliphatic carboxylic acids is 1. The molecule has 3 nitrogen and oxygen atoms in total. The Morgan fingerprint density at radius 1 is 1.44 bits per heavy atom. The quantitative estimate of drug-likeness (QED) is 0.861. The fraction of sp³-hybridized carbons (Fsp3) is 0.357. The summed E-state index contributed by atoms with van der Waals surface area (Å²) in [6.45, 7) is 2.06. The molecule has 96 valence electrons. The third kappa shape index (κ3) is 2.12. The zero-order chi connectivity index (χ0) is 13.3. The molecule has 0 bridgehead atoms. The maximum atomic E-state index is 10.7. The summed E-state index contributed by atoms with van der Waals surface area (Å²) in [5.41, 5.74) is 3.53. The number of rotatable bonds is 4. The van der Waals surface area contributed by atoms with E-state index < -0.39 is 5.97 Å². The van der Waals surface area contributed by atoms with Gasteiger partial charge in [-0.3, -0.25) is 4.79 Å². The van der Waals surface area contributed by atoms with E-state index >= 15 is 0 Å². The number of hydrogen-bond donors (Lipinski definition) is 1. The highest BCUT2D eigenvalue weighted by Gasteiger charge is 2.14. The number of carbonyl (C=O) groups is 1. The molecule has 0 spiro atoms. The van der Waals surface area contributed by atoms with Crippen molar-refractivity contribution in [2.45, 2.75) is 24.7 Å². The van der Waals surface area contributed by atoms with Crippen molar-refractivity contribution in [1.82, 2.24) is 4.57 Å². The predicted molar refractivity (Wildman–Crippen MR) is 75.4 cm³/mol. The normalized spacial score (nSPS) is 11.1. The lowest BCUT2D eigenvalue weighted by Crippen LogP contribution is -1.99. The van der Waals surface area contributed by atoms with Crippen LogP contribution in [0.3, 0.4) is 0 Å². The molecule has 0 aliphatic carbocycles. The SMILES string of the molecule is CSc1cccc2c(CCC(=O)O)c(C)n(C)c12. The van der Waals surface area contributed by atoms with Crippen molar-refractivity contribution in [3.05, 3.63) is 29.5 Å². The number of hydrogen-bond acceptors (Lipinski definition) is 2. The number of carboxylic acids is 1. The van der Waals surface area contributed by atoms with Gasteiger partial charge in [0, 0.05) is 29.4 Å². The molecule has 4 heteroatoms. The Morgan fingerprint density at radius 3 is 2.78 bits per heavy atom. The Morgan fingerprint density at radius 2 is 2.17 bits per heavy atom. The van der Waals surface area contributed by atoms with Gasteiger partial charge in [0.1, 0.15) is 0 Å². The second-order valence-corrected chi connectivity index (χ2v) is 5.22. The molecular formula is C14H17NO2S. The Labute approximate surface area is 111 Å². The van der Waals surface area contributed by atoms with Crippen LogP contribution in [0.5, 0.6) is 0 Å². The Balaban J connectivity index is 2.60. The lowest BCUT2D eigenvalue weighted by Gasteiger charge is -2.03. The average Bonchev–Trinajstić information content (AvgIpc) is 2.60. The van der Waals surface area contributed by atoms with Gasteiger partial charge in [0.25, 0.3) is 0 Å². The number of nitrogens with zero attached hydrogens (tertiary/aromatic N) is 1. The summed E-state index contributed by atoms with van der Waals surface area (Å²) in [6, 6.07) is 6.23. The van der Waals surface area contributed by atoms with Gasteiger partial charge in [0.2, 0.25) is 0 Å². The lowest BCUT2D eigenvalue weighted by atomic mass is 10.1. The van der Waals surface area contributed by atoms with Crippen molar-refractivity contribution in [3.8, 4) is 0 Å². The molecule has 0 fully saturated rings. The molecule has 0 unspecified atom stereocenters. The largest absolute Gasteiger partial charge is 0.481 e. The van der Waals surface area contributed by atoms with Crippen molar-refractivity contribution in [3.63, 3.8) is 0 Å². The van der Waals surface area contributed by atoms with Crippen LogP contribution in [0.4, 0.5) is 0 Å². The smallest absolute Gasteiger partial charge is 0.303 e. The molecule has 2 rings (SSSR count). The maximum Gasteiger partial charge on any atom is 0.303 e. The number of fused-ring (bicyclic) bond motifs is 1. The molecular weight excluding hydrogens is 246 g/mol. The van der Waals surface area contributed by atoms with E-state index in [9.17, 15) is 4.79 Å². The van der Waals surface area contributed by atoms with Gasteiger partial charge in [-0.05, 0) is 31.2 Å². The van der Waals surface area contributed by atoms with Gasteiger partial charge >= 0.3 is 5.97 Å². The van der Waals surface area contributed by atoms with Crippen LogP contribution >= 0.6 is 11.8 Å². The summed E-state index contributed by atoms with van der Waals surface area (Å²) in [5.74, 6) is -0.743. The van der Waals surface area contributed by atoms with Crippen LogP contribution in [0, 0.1) is 6.92 Å². The first-order chi connectivity index (χ1) is 8.56. The van der Waals surface area contributed by atoms with E-state index in [0.717, 1.165) is 11.3 Å². The standard InChI is InChI=1S/C14H17NO2S/c1-9-10(7-8-13(16)17)11-5-4-6-12(18-3)14(11)15(9)2/h4-6H,7-8H2,1-3H3,(H,16,17). The van der Waals surface area contributed by atoms with E-state index in [-0.39, 0.29) is 6.42 Å². The van der Waals surface area contributed by atoms with E-state index in [1.165, 1.54) is 15.8 Å². The summed E-state index contributed by atoms with van der Waals surface area (Å²) < 4.78 is 2.17. The van der Waals surface area contributed by atoms with Crippen molar-refractivity contribution < 1.29 is 9.90 Å². The highest BCUT2D eigenvalue weighted by molar-refractivity contribution is 7.98. The number of aromatic nitrogens is 1. The van der Waals surface area contributed by atoms with Crippen molar-refractivity contribution in [1.29, 1.82) is 0 Å². The highest BCUT2D eigenvalue weighted by atomic mass is 32.2. The number of carboxylic acid groups (broad SMARTS) is 1. The molecule has 2 aromatic rings. The van der Waals surface area contributed by atoms with Crippen LogP contribution in [-0.4, -0.2) is 21.9 Å². The summed E-state index contributed by atoms with van der Waals surface area (Å²) in [7, 11) is 2.04. The summed E-state index contributed by atoms with van der Waals surface area (Å²) >= 11 is 1.72. The first-order valence-corrected chi connectivity index (χ1v) is 7.11. The Kier molecular flexibility index (Phi) is 3.66. The number of thioether (sulfide) groups is 1. The first-order valence-electron chi connectivity index (χ1n) is 5.89. The lowest BCUT2D eigenvalue weighted by molar-refractivity contribution is -0.136. The number of benzene rings is 1.